The fraction of sp³-hybridized carbons (Fsp3) is 1.00. The van der Waals surface area contributed by atoms with Crippen LogP contribution in [0, 0.1) is 46.3 Å². The molecule has 0 radical (unpaired) electrons. The Morgan fingerprint density at radius 2 is 1.03 bits per heavy atom. The van der Waals surface area contributed by atoms with Gasteiger partial charge in [-0.25, -0.2) is 0 Å². The van der Waals surface area contributed by atoms with Crippen LogP contribution in [0.25, 0.3) is 0 Å². The van der Waals surface area contributed by atoms with Crippen LogP contribution in [0.3, 0.4) is 0 Å². The Hall–Kier alpha value is 0.217. The van der Waals surface area contributed by atoms with Crippen molar-refractivity contribution in [3.8, 4) is 0 Å². The second kappa shape index (κ2) is 7.67. The summed E-state index contributed by atoms with van der Waals surface area (Å²) in [5, 5.41) is 0. The maximum Gasteiger partial charge on any atom is 0.0541 e. The standard InChI is InChI=1S/C28H52Si/c1-27(2,3)19-14-16-23-24(17-19)22-15-13-20(28(4,5)6)18-25(22)26(23)29(7,8)21-11-9-10-12-21/h19-26H,9-18H2,1-8H3. The highest BCUT2D eigenvalue weighted by Gasteiger charge is 2.60. The minimum Gasteiger partial charge on any atom is -0.0689 e. The molecule has 4 rings (SSSR count). The van der Waals surface area contributed by atoms with Gasteiger partial charge in [0.2, 0.25) is 0 Å². The molecule has 4 aliphatic carbocycles. The molecule has 0 aromatic carbocycles. The zero-order valence-corrected chi connectivity index (χ0v) is 22.2. The molecule has 4 fully saturated rings. The highest BCUT2D eigenvalue weighted by atomic mass is 28.3. The first-order valence-electron chi connectivity index (χ1n) is 13.4. The lowest BCUT2D eigenvalue weighted by Crippen LogP contribution is -2.44. The van der Waals surface area contributed by atoms with Crippen LogP contribution in [0.15, 0.2) is 0 Å². The third-order valence-electron chi connectivity index (χ3n) is 11.1. The van der Waals surface area contributed by atoms with Crippen molar-refractivity contribution in [1.82, 2.24) is 0 Å². The molecule has 0 bridgehead atoms. The molecule has 0 spiro atoms. The zero-order chi connectivity index (χ0) is 21.2. The van der Waals surface area contributed by atoms with E-state index in [0.29, 0.717) is 10.8 Å². The first-order chi connectivity index (χ1) is 13.4. The van der Waals surface area contributed by atoms with Gasteiger partial charge in [-0.2, -0.15) is 0 Å². The summed E-state index contributed by atoms with van der Waals surface area (Å²) in [5.74, 6) is 6.30. The fourth-order valence-corrected chi connectivity index (χ4v) is 14.7. The number of hydrogen-bond acceptors (Lipinski definition) is 0. The van der Waals surface area contributed by atoms with Gasteiger partial charge in [0.05, 0.1) is 8.07 Å². The fourth-order valence-electron chi connectivity index (χ4n) is 9.28. The summed E-state index contributed by atoms with van der Waals surface area (Å²) in [6.07, 6.45) is 15.6. The molecule has 7 atom stereocenters. The van der Waals surface area contributed by atoms with Gasteiger partial charge in [0.25, 0.3) is 0 Å². The summed E-state index contributed by atoms with van der Waals surface area (Å²) in [6, 6.07) is 0. The van der Waals surface area contributed by atoms with E-state index in [2.05, 4.69) is 54.6 Å². The molecular formula is C28H52Si. The van der Waals surface area contributed by atoms with Crippen LogP contribution in [0.4, 0.5) is 0 Å². The average molecular weight is 417 g/mol. The van der Waals surface area contributed by atoms with Crippen LogP contribution in [-0.2, 0) is 0 Å². The summed E-state index contributed by atoms with van der Waals surface area (Å²) >= 11 is 0. The van der Waals surface area contributed by atoms with E-state index in [1.807, 2.05) is 0 Å². The Morgan fingerprint density at radius 1 is 0.552 bits per heavy atom. The third-order valence-corrected chi connectivity index (χ3v) is 16.4. The lowest BCUT2D eigenvalue weighted by Gasteiger charge is -2.47. The van der Waals surface area contributed by atoms with E-state index < -0.39 is 8.07 Å². The Kier molecular flexibility index (Phi) is 5.92. The highest BCUT2D eigenvalue weighted by molar-refractivity contribution is 6.80. The number of rotatable bonds is 2. The van der Waals surface area contributed by atoms with Crippen molar-refractivity contribution in [1.29, 1.82) is 0 Å². The molecule has 0 saturated heterocycles. The Balaban J connectivity index is 1.65. The van der Waals surface area contributed by atoms with Crippen molar-refractivity contribution >= 4 is 8.07 Å². The minimum absolute atomic E-state index is 0.510. The second-order valence-corrected chi connectivity index (χ2v) is 19.9. The predicted molar refractivity (Wildman–Crippen MR) is 131 cm³/mol. The lowest BCUT2D eigenvalue weighted by atomic mass is 9.62. The van der Waals surface area contributed by atoms with E-state index in [9.17, 15) is 0 Å². The Bertz CT molecular complexity index is 570. The van der Waals surface area contributed by atoms with Crippen LogP contribution in [0.5, 0.6) is 0 Å². The van der Waals surface area contributed by atoms with Gasteiger partial charge < -0.3 is 0 Å². The van der Waals surface area contributed by atoms with Crippen LogP contribution in [0.1, 0.15) is 106 Å². The normalized spacial score (nSPS) is 42.0. The zero-order valence-electron chi connectivity index (χ0n) is 21.2. The van der Waals surface area contributed by atoms with E-state index in [0.717, 1.165) is 46.6 Å². The topological polar surface area (TPSA) is 0 Å². The van der Waals surface area contributed by atoms with E-state index in [1.54, 1.807) is 38.5 Å². The van der Waals surface area contributed by atoms with Crippen molar-refractivity contribution in [3.63, 3.8) is 0 Å². The van der Waals surface area contributed by atoms with Gasteiger partial charge in [-0.05, 0) is 95.9 Å². The van der Waals surface area contributed by atoms with Gasteiger partial charge >= 0.3 is 0 Å². The van der Waals surface area contributed by atoms with Gasteiger partial charge in [0, 0.05) is 0 Å². The Morgan fingerprint density at radius 3 is 1.55 bits per heavy atom. The quantitative estimate of drug-likeness (QED) is 0.393. The van der Waals surface area contributed by atoms with E-state index >= 15 is 0 Å². The molecule has 4 aliphatic rings. The maximum atomic E-state index is 2.86. The van der Waals surface area contributed by atoms with Crippen LogP contribution in [0.2, 0.25) is 24.2 Å². The smallest absolute Gasteiger partial charge is 0.0541 e. The van der Waals surface area contributed by atoms with Crippen LogP contribution < -0.4 is 0 Å². The Labute approximate surface area is 184 Å². The second-order valence-electron chi connectivity index (χ2n) is 14.7. The number of fused-ring (bicyclic) bond motifs is 3. The first kappa shape index (κ1) is 22.4. The molecule has 4 saturated carbocycles. The van der Waals surface area contributed by atoms with Gasteiger partial charge in [-0.3, -0.25) is 0 Å². The molecule has 0 aromatic heterocycles. The van der Waals surface area contributed by atoms with E-state index in [-0.39, 0.29) is 0 Å². The van der Waals surface area contributed by atoms with Gasteiger partial charge in [0.15, 0.2) is 0 Å². The van der Waals surface area contributed by atoms with E-state index in [4.69, 9.17) is 0 Å². The molecule has 0 aromatic rings. The van der Waals surface area contributed by atoms with Gasteiger partial charge in [-0.1, -0.05) is 80.3 Å². The third kappa shape index (κ3) is 4.05. The molecule has 29 heavy (non-hydrogen) atoms. The summed E-state index contributed by atoms with van der Waals surface area (Å²) in [4.78, 5) is 0. The summed E-state index contributed by atoms with van der Waals surface area (Å²) in [7, 11) is -1.21. The highest BCUT2D eigenvalue weighted by Crippen LogP contribution is 2.68. The monoisotopic (exact) mass is 416 g/mol. The van der Waals surface area contributed by atoms with Crippen LogP contribution in [-0.4, -0.2) is 8.07 Å². The molecular weight excluding hydrogens is 364 g/mol. The van der Waals surface area contributed by atoms with Crippen molar-refractivity contribution in [2.75, 3.05) is 0 Å². The summed E-state index contributed by atoms with van der Waals surface area (Å²) in [5.41, 5.74) is 3.31. The molecule has 0 N–H and O–H groups in total. The lowest BCUT2D eigenvalue weighted by molar-refractivity contribution is 0.0630. The van der Waals surface area contributed by atoms with Gasteiger partial charge in [-0.15, -0.1) is 0 Å². The van der Waals surface area contributed by atoms with Crippen molar-refractivity contribution < 1.29 is 0 Å². The maximum absolute atomic E-state index is 2.86. The SMILES string of the molecule is CC(C)(C)C1CCC2C(C1)C1CCC(C(C)(C)C)CC1C2[Si](C)(C)C1CCCC1. The molecule has 1 heteroatoms. The first-order valence-corrected chi connectivity index (χ1v) is 16.6. The molecule has 168 valence electrons. The average Bonchev–Trinajstić information content (AvgIpc) is 3.26. The molecule has 0 nitrogen and oxygen atoms in total. The largest absolute Gasteiger partial charge is 0.0689 e. The van der Waals surface area contributed by atoms with Crippen molar-refractivity contribution in [2.45, 2.75) is 130 Å². The minimum atomic E-state index is -1.21. The summed E-state index contributed by atoms with van der Waals surface area (Å²) < 4.78 is 0. The predicted octanol–water partition coefficient (Wildman–Crippen LogP) is 9.18. The van der Waals surface area contributed by atoms with Crippen molar-refractivity contribution in [2.24, 2.45) is 46.3 Å². The number of hydrogen-bond donors (Lipinski definition) is 0. The van der Waals surface area contributed by atoms with Crippen LogP contribution >= 0.6 is 0 Å². The van der Waals surface area contributed by atoms with Gasteiger partial charge in [0.1, 0.15) is 0 Å². The van der Waals surface area contributed by atoms with E-state index in [1.165, 1.54) is 25.7 Å². The summed E-state index contributed by atoms with van der Waals surface area (Å²) in [6.45, 7) is 20.9. The van der Waals surface area contributed by atoms with Crippen molar-refractivity contribution in [3.05, 3.63) is 0 Å². The molecule has 0 heterocycles. The molecule has 7 unspecified atom stereocenters. The molecule has 0 amide bonds. The molecule has 0 aliphatic heterocycles.